The summed E-state index contributed by atoms with van der Waals surface area (Å²) in [6.45, 7) is 3.37. The van der Waals surface area contributed by atoms with Crippen molar-refractivity contribution in [2.45, 2.75) is 6.54 Å². The Kier molecular flexibility index (Phi) is 6.16. The first kappa shape index (κ1) is 20.6. The van der Waals surface area contributed by atoms with E-state index in [4.69, 9.17) is 23.2 Å². The van der Waals surface area contributed by atoms with E-state index in [1.807, 2.05) is 30.4 Å². The van der Waals surface area contributed by atoms with Crippen LogP contribution >= 0.6 is 23.2 Å². The quantitative estimate of drug-likeness (QED) is 0.648. The van der Waals surface area contributed by atoms with Gasteiger partial charge in [0.15, 0.2) is 0 Å². The highest BCUT2D eigenvalue weighted by molar-refractivity contribution is 6.42. The topological polar surface area (TPSA) is 53.4 Å². The lowest BCUT2D eigenvalue weighted by molar-refractivity contribution is 0.194. The first-order valence-electron chi connectivity index (χ1n) is 9.80. The third kappa shape index (κ3) is 4.71. The van der Waals surface area contributed by atoms with Crippen molar-refractivity contribution >= 4 is 34.9 Å². The molecule has 1 N–H and O–H groups in total. The molecule has 0 aliphatic carbocycles. The van der Waals surface area contributed by atoms with Crippen LogP contribution in [0.1, 0.15) is 5.56 Å². The molecule has 1 aliphatic heterocycles. The molecular weight excluding hydrogens is 421 g/mol. The number of carbonyl (C=O) groups excluding carboxylic acids is 1. The number of nitrogens with one attached hydrogen (secondary N) is 1. The molecule has 0 bridgehead atoms. The lowest BCUT2D eigenvalue weighted by Crippen LogP contribution is -2.51. The summed E-state index contributed by atoms with van der Waals surface area (Å²) < 4.78 is 1.80. The van der Waals surface area contributed by atoms with Crippen molar-refractivity contribution < 1.29 is 4.79 Å². The first-order chi connectivity index (χ1) is 14.5. The minimum Gasteiger partial charge on any atom is -0.368 e. The summed E-state index contributed by atoms with van der Waals surface area (Å²) in [6.07, 6.45) is 3.87. The van der Waals surface area contributed by atoms with Gasteiger partial charge in [-0.25, -0.2) is 4.79 Å². The van der Waals surface area contributed by atoms with Crippen LogP contribution in [-0.2, 0) is 13.6 Å². The van der Waals surface area contributed by atoms with E-state index in [1.54, 1.807) is 16.8 Å². The maximum Gasteiger partial charge on any atom is 0.317 e. The number of rotatable bonds is 4. The average molecular weight is 444 g/mol. The molecule has 1 aromatic heterocycles. The molecular formula is C22H23Cl2N5O. The summed E-state index contributed by atoms with van der Waals surface area (Å²) in [5.74, 6) is 0. The van der Waals surface area contributed by atoms with Crippen molar-refractivity contribution in [2.24, 2.45) is 7.05 Å². The van der Waals surface area contributed by atoms with Crippen molar-refractivity contribution in [3.8, 4) is 11.1 Å². The maximum atomic E-state index is 12.5. The van der Waals surface area contributed by atoms with Crippen LogP contribution in [0, 0.1) is 0 Å². The molecule has 1 aliphatic rings. The van der Waals surface area contributed by atoms with Gasteiger partial charge in [-0.3, -0.25) is 4.68 Å². The van der Waals surface area contributed by atoms with Crippen LogP contribution in [0.3, 0.4) is 0 Å². The van der Waals surface area contributed by atoms with E-state index in [0.29, 0.717) is 29.7 Å². The number of halogens is 2. The smallest absolute Gasteiger partial charge is 0.317 e. The molecule has 156 valence electrons. The number of benzene rings is 2. The fourth-order valence-corrected chi connectivity index (χ4v) is 3.86. The van der Waals surface area contributed by atoms with E-state index in [2.05, 4.69) is 39.6 Å². The van der Waals surface area contributed by atoms with Crippen molar-refractivity contribution in [1.82, 2.24) is 20.0 Å². The molecule has 4 rings (SSSR count). The molecule has 1 saturated heterocycles. The second-order valence-corrected chi connectivity index (χ2v) is 8.15. The van der Waals surface area contributed by atoms with Gasteiger partial charge < -0.3 is 15.1 Å². The molecule has 30 heavy (non-hydrogen) atoms. The Morgan fingerprint density at radius 3 is 2.37 bits per heavy atom. The Hall–Kier alpha value is -2.70. The highest BCUT2D eigenvalue weighted by Gasteiger charge is 2.21. The van der Waals surface area contributed by atoms with Crippen molar-refractivity contribution in [2.75, 3.05) is 31.1 Å². The summed E-state index contributed by atoms with van der Waals surface area (Å²) >= 11 is 12.0. The number of hydrogen-bond donors (Lipinski definition) is 1. The van der Waals surface area contributed by atoms with Crippen LogP contribution in [0.25, 0.3) is 11.1 Å². The van der Waals surface area contributed by atoms with Crippen LogP contribution < -0.4 is 10.2 Å². The first-order valence-corrected chi connectivity index (χ1v) is 10.6. The molecule has 2 aromatic carbocycles. The maximum absolute atomic E-state index is 12.5. The molecule has 8 heteroatoms. The molecule has 3 aromatic rings. The molecule has 0 unspecified atom stereocenters. The SMILES string of the molecule is Cn1cc(-c2ccc(N3CCN(C(=O)NCc4ccc(Cl)c(Cl)c4)CC3)cc2)cn1. The minimum absolute atomic E-state index is 0.0624. The van der Waals surface area contributed by atoms with Gasteiger partial charge in [-0.1, -0.05) is 41.4 Å². The summed E-state index contributed by atoms with van der Waals surface area (Å²) in [7, 11) is 1.91. The zero-order valence-electron chi connectivity index (χ0n) is 16.7. The van der Waals surface area contributed by atoms with Crippen LogP contribution in [-0.4, -0.2) is 46.9 Å². The second-order valence-electron chi connectivity index (χ2n) is 7.33. The third-order valence-corrected chi connectivity index (χ3v) is 6.00. The van der Waals surface area contributed by atoms with Crippen molar-refractivity contribution in [1.29, 1.82) is 0 Å². The largest absolute Gasteiger partial charge is 0.368 e. The normalized spacial score (nSPS) is 14.1. The van der Waals surface area contributed by atoms with E-state index >= 15 is 0 Å². The van der Waals surface area contributed by atoms with Crippen LogP contribution in [0.15, 0.2) is 54.9 Å². The Labute approximate surface area is 186 Å². The summed E-state index contributed by atoms with van der Waals surface area (Å²) in [5, 5.41) is 8.18. The Balaban J connectivity index is 1.29. The highest BCUT2D eigenvalue weighted by Crippen LogP contribution is 2.24. The van der Waals surface area contributed by atoms with Crippen LogP contribution in [0.2, 0.25) is 10.0 Å². The molecule has 0 spiro atoms. The fourth-order valence-electron chi connectivity index (χ4n) is 3.54. The third-order valence-electron chi connectivity index (χ3n) is 5.27. The summed E-state index contributed by atoms with van der Waals surface area (Å²) in [6, 6.07) is 13.8. The fraction of sp³-hybridized carbons (Fsp3) is 0.273. The van der Waals surface area contributed by atoms with Gasteiger partial charge in [-0.2, -0.15) is 5.10 Å². The predicted octanol–water partition coefficient (Wildman–Crippen LogP) is 4.43. The summed E-state index contributed by atoms with van der Waals surface area (Å²) in [5.41, 5.74) is 4.34. The zero-order valence-corrected chi connectivity index (χ0v) is 18.2. The monoisotopic (exact) mass is 443 g/mol. The Morgan fingerprint density at radius 1 is 1.00 bits per heavy atom. The number of aryl methyl sites for hydroxylation is 1. The molecule has 2 amide bonds. The molecule has 1 fully saturated rings. The number of hydrogen-bond acceptors (Lipinski definition) is 3. The van der Waals surface area contributed by atoms with Crippen LogP contribution in [0.4, 0.5) is 10.5 Å². The number of piperazine rings is 1. The van der Waals surface area contributed by atoms with Crippen molar-refractivity contribution in [3.63, 3.8) is 0 Å². The predicted molar refractivity (Wildman–Crippen MR) is 121 cm³/mol. The van der Waals surface area contributed by atoms with Crippen molar-refractivity contribution in [3.05, 3.63) is 70.5 Å². The summed E-state index contributed by atoms with van der Waals surface area (Å²) in [4.78, 5) is 16.6. The number of amides is 2. The van der Waals surface area contributed by atoms with E-state index in [9.17, 15) is 4.79 Å². The number of carbonyl (C=O) groups is 1. The molecule has 0 saturated carbocycles. The second kappa shape index (κ2) is 8.98. The van der Waals surface area contributed by atoms with Gasteiger partial charge in [0.1, 0.15) is 0 Å². The van der Waals surface area contributed by atoms with Gasteiger partial charge in [-0.15, -0.1) is 0 Å². The number of aromatic nitrogens is 2. The van der Waals surface area contributed by atoms with Gasteiger partial charge in [0.2, 0.25) is 0 Å². The zero-order chi connectivity index (χ0) is 21.1. The van der Waals surface area contributed by atoms with Gasteiger partial charge in [0.25, 0.3) is 0 Å². The standard InChI is InChI=1S/C22H23Cl2N5O/c1-27-15-18(14-26-27)17-3-5-19(6-4-17)28-8-10-29(11-9-28)22(30)25-13-16-2-7-20(23)21(24)12-16/h2-7,12,14-15H,8-11,13H2,1H3,(H,25,30). The molecule has 2 heterocycles. The van der Waals surface area contributed by atoms with Gasteiger partial charge in [0.05, 0.1) is 16.2 Å². The number of anilines is 1. The average Bonchev–Trinajstić information content (AvgIpc) is 3.21. The van der Waals surface area contributed by atoms with E-state index in [1.165, 1.54) is 5.69 Å². The van der Waals surface area contributed by atoms with Gasteiger partial charge >= 0.3 is 6.03 Å². The Morgan fingerprint density at radius 2 is 1.73 bits per heavy atom. The van der Waals surface area contributed by atoms with Gasteiger partial charge in [0, 0.05) is 57.2 Å². The minimum atomic E-state index is -0.0624. The lowest BCUT2D eigenvalue weighted by atomic mass is 10.1. The van der Waals surface area contributed by atoms with E-state index in [-0.39, 0.29) is 6.03 Å². The highest BCUT2D eigenvalue weighted by atomic mass is 35.5. The van der Waals surface area contributed by atoms with E-state index < -0.39 is 0 Å². The molecule has 0 radical (unpaired) electrons. The number of nitrogens with zero attached hydrogens (tertiary/aromatic N) is 4. The van der Waals surface area contributed by atoms with Crippen LogP contribution in [0.5, 0.6) is 0 Å². The number of urea groups is 1. The molecule has 0 atom stereocenters. The molecule has 6 nitrogen and oxygen atoms in total. The lowest BCUT2D eigenvalue weighted by Gasteiger charge is -2.36. The Bertz CT molecular complexity index is 1030. The van der Waals surface area contributed by atoms with E-state index in [0.717, 1.165) is 29.8 Å². The van der Waals surface area contributed by atoms with Gasteiger partial charge in [-0.05, 0) is 35.4 Å².